The first-order valence-corrected chi connectivity index (χ1v) is 12.1. The van der Waals surface area contributed by atoms with E-state index in [4.69, 9.17) is 0 Å². The van der Waals surface area contributed by atoms with Gasteiger partial charge in [-0.05, 0) is 54.2 Å². The fourth-order valence-corrected chi connectivity index (χ4v) is 5.24. The summed E-state index contributed by atoms with van der Waals surface area (Å²) < 4.78 is 29.6. The summed E-state index contributed by atoms with van der Waals surface area (Å²) in [6, 6.07) is 4.84. The van der Waals surface area contributed by atoms with E-state index >= 15 is 0 Å². The van der Waals surface area contributed by atoms with E-state index in [-0.39, 0.29) is 35.5 Å². The first kappa shape index (κ1) is 23.4. The van der Waals surface area contributed by atoms with Crippen LogP contribution in [0.3, 0.4) is 0 Å². The number of carbonyl (C=O) groups is 1. The summed E-state index contributed by atoms with van der Waals surface area (Å²) in [5.74, 6) is -0.297. The molecule has 0 spiro atoms. The van der Waals surface area contributed by atoms with Gasteiger partial charge in [-0.2, -0.15) is 9.40 Å². The highest BCUT2D eigenvalue weighted by Crippen LogP contribution is 2.25. The van der Waals surface area contributed by atoms with Crippen LogP contribution in [0, 0.1) is 23.0 Å². The Kier molecular flexibility index (Phi) is 7.44. The molecule has 0 saturated carbocycles. The average molecular weight is 514 g/mol. The number of carbonyl (C=O) groups excluding carboxylic acids is 1. The molecule has 0 unspecified atom stereocenters. The highest BCUT2D eigenvalue weighted by Gasteiger charge is 2.32. The van der Waals surface area contributed by atoms with Gasteiger partial charge >= 0.3 is 0 Å². The summed E-state index contributed by atoms with van der Waals surface area (Å²) in [6.45, 7) is 3.60. The Morgan fingerprint density at radius 3 is 2.48 bits per heavy atom. The second-order valence-corrected chi connectivity index (χ2v) is 10.2. The predicted molar refractivity (Wildman–Crippen MR) is 117 cm³/mol. The molecular formula is C19H24BrN5O5S. The number of benzene rings is 1. The molecule has 1 amide bonds. The van der Waals surface area contributed by atoms with Crippen molar-refractivity contribution in [3.63, 3.8) is 0 Å². The second-order valence-electron chi connectivity index (χ2n) is 7.40. The fourth-order valence-electron chi connectivity index (χ4n) is 3.45. The Morgan fingerprint density at radius 2 is 1.94 bits per heavy atom. The van der Waals surface area contributed by atoms with Crippen LogP contribution in [0.1, 0.15) is 25.0 Å². The Bertz CT molecular complexity index is 1030. The predicted octanol–water partition coefficient (Wildman–Crippen LogP) is 2.47. The van der Waals surface area contributed by atoms with Gasteiger partial charge in [0.15, 0.2) is 0 Å². The number of hydrogen-bond donors (Lipinski definition) is 1. The third kappa shape index (κ3) is 5.69. The zero-order valence-electron chi connectivity index (χ0n) is 17.0. The number of aryl methyl sites for hydroxylation is 2. The van der Waals surface area contributed by atoms with Crippen molar-refractivity contribution in [2.75, 3.05) is 19.6 Å². The van der Waals surface area contributed by atoms with Gasteiger partial charge in [0.2, 0.25) is 15.9 Å². The minimum atomic E-state index is -3.74. The summed E-state index contributed by atoms with van der Waals surface area (Å²) in [4.78, 5) is 22.6. The third-order valence-electron chi connectivity index (χ3n) is 5.26. The van der Waals surface area contributed by atoms with E-state index in [9.17, 15) is 23.3 Å². The number of rotatable bonds is 8. The van der Waals surface area contributed by atoms with E-state index in [1.165, 1.54) is 28.6 Å². The Balaban J connectivity index is 1.45. The number of halogens is 1. The Labute approximate surface area is 188 Å². The maximum atomic E-state index is 12.8. The van der Waals surface area contributed by atoms with E-state index in [0.29, 0.717) is 25.9 Å². The molecule has 0 bridgehead atoms. The summed E-state index contributed by atoms with van der Waals surface area (Å²) in [6.07, 6.45) is 3.51. The maximum Gasteiger partial charge on any atom is 0.269 e. The zero-order valence-corrected chi connectivity index (χ0v) is 19.4. The lowest BCUT2D eigenvalue weighted by Gasteiger charge is -2.30. The van der Waals surface area contributed by atoms with Crippen LogP contribution in [0.2, 0.25) is 0 Å². The van der Waals surface area contributed by atoms with Crippen molar-refractivity contribution in [1.82, 2.24) is 19.4 Å². The third-order valence-corrected chi connectivity index (χ3v) is 7.95. The number of nitro benzene ring substituents is 1. The molecule has 1 N–H and O–H groups in total. The smallest absolute Gasteiger partial charge is 0.269 e. The quantitative estimate of drug-likeness (QED) is 0.328. The maximum absolute atomic E-state index is 12.8. The summed E-state index contributed by atoms with van der Waals surface area (Å²) in [7, 11) is -3.74. The van der Waals surface area contributed by atoms with Gasteiger partial charge in [-0.1, -0.05) is 0 Å². The van der Waals surface area contributed by atoms with Crippen LogP contribution in [0.4, 0.5) is 5.69 Å². The lowest BCUT2D eigenvalue weighted by molar-refractivity contribution is -0.384. The molecule has 2 aromatic rings. The van der Waals surface area contributed by atoms with E-state index in [0.717, 1.165) is 16.6 Å². The number of piperidine rings is 1. The molecule has 0 atom stereocenters. The van der Waals surface area contributed by atoms with Gasteiger partial charge in [-0.3, -0.25) is 19.6 Å². The number of hydrogen-bond acceptors (Lipinski definition) is 6. The molecule has 2 heterocycles. The fraction of sp³-hybridized carbons (Fsp3) is 0.474. The van der Waals surface area contributed by atoms with Crippen LogP contribution < -0.4 is 5.32 Å². The minimum absolute atomic E-state index is 0.0153. The molecule has 31 heavy (non-hydrogen) atoms. The average Bonchev–Trinajstić information content (AvgIpc) is 3.08. The molecule has 1 fully saturated rings. The summed E-state index contributed by atoms with van der Waals surface area (Å²) in [5, 5.41) is 18.0. The van der Waals surface area contributed by atoms with Gasteiger partial charge in [-0.15, -0.1) is 0 Å². The molecule has 1 saturated heterocycles. The Morgan fingerprint density at radius 1 is 1.29 bits per heavy atom. The first-order chi connectivity index (χ1) is 14.7. The number of amides is 1. The van der Waals surface area contributed by atoms with Gasteiger partial charge < -0.3 is 5.32 Å². The minimum Gasteiger partial charge on any atom is -0.356 e. The van der Waals surface area contributed by atoms with Crippen LogP contribution in [0.5, 0.6) is 0 Å². The van der Waals surface area contributed by atoms with Gasteiger partial charge in [0.05, 0.1) is 20.0 Å². The van der Waals surface area contributed by atoms with Crippen LogP contribution in [-0.4, -0.2) is 53.0 Å². The van der Waals surface area contributed by atoms with E-state index < -0.39 is 14.9 Å². The molecule has 1 aromatic carbocycles. The first-order valence-electron chi connectivity index (χ1n) is 9.90. The molecule has 0 aliphatic carbocycles. The highest BCUT2D eigenvalue weighted by molar-refractivity contribution is 9.10. The van der Waals surface area contributed by atoms with Crippen molar-refractivity contribution < 1.29 is 18.1 Å². The van der Waals surface area contributed by atoms with Crippen LogP contribution >= 0.6 is 15.9 Å². The number of nitro groups is 1. The molecule has 10 nitrogen and oxygen atoms in total. The SMILES string of the molecule is Cc1nn(CCCNC(=O)C2CCN(S(=O)(=O)c3ccc([N+](=O)[O-])cc3)CC2)cc1Br. The molecule has 1 aromatic heterocycles. The van der Waals surface area contributed by atoms with Crippen LogP contribution in [-0.2, 0) is 21.4 Å². The molecule has 168 valence electrons. The lowest BCUT2D eigenvalue weighted by atomic mass is 9.97. The van der Waals surface area contributed by atoms with Crippen LogP contribution in [0.25, 0.3) is 0 Å². The molecule has 0 radical (unpaired) electrons. The van der Waals surface area contributed by atoms with Gasteiger partial charge in [0.25, 0.3) is 5.69 Å². The normalized spacial score (nSPS) is 15.7. The Hall–Kier alpha value is -2.31. The molecule has 1 aliphatic rings. The van der Waals surface area contributed by atoms with Crippen molar-refractivity contribution in [1.29, 1.82) is 0 Å². The van der Waals surface area contributed by atoms with Crippen molar-refractivity contribution >= 4 is 37.5 Å². The number of non-ortho nitro benzene ring substituents is 1. The number of nitrogens with zero attached hydrogens (tertiary/aromatic N) is 4. The van der Waals surface area contributed by atoms with Gasteiger partial charge in [-0.25, -0.2) is 8.42 Å². The van der Waals surface area contributed by atoms with Crippen molar-refractivity contribution in [3.8, 4) is 0 Å². The standard InChI is InChI=1S/C19H24BrN5O5S/c1-14-18(20)13-23(22-14)10-2-9-21-19(26)15-7-11-24(12-8-15)31(29,30)17-5-3-16(4-6-17)25(27)28/h3-6,13,15H,2,7-12H2,1H3,(H,21,26). The number of sulfonamides is 1. The van der Waals surface area contributed by atoms with E-state index in [1.807, 2.05) is 17.8 Å². The topological polar surface area (TPSA) is 127 Å². The molecule has 12 heteroatoms. The lowest BCUT2D eigenvalue weighted by Crippen LogP contribution is -2.43. The van der Waals surface area contributed by atoms with Crippen molar-refractivity contribution in [2.45, 2.75) is 37.6 Å². The van der Waals surface area contributed by atoms with Crippen molar-refractivity contribution in [2.24, 2.45) is 5.92 Å². The number of aromatic nitrogens is 2. The van der Waals surface area contributed by atoms with Crippen molar-refractivity contribution in [3.05, 3.63) is 50.7 Å². The highest BCUT2D eigenvalue weighted by atomic mass is 79.9. The van der Waals surface area contributed by atoms with Gasteiger partial charge in [0.1, 0.15) is 0 Å². The molecule has 3 rings (SSSR count). The van der Waals surface area contributed by atoms with Gasteiger partial charge in [0, 0.05) is 50.4 Å². The largest absolute Gasteiger partial charge is 0.356 e. The molecule has 1 aliphatic heterocycles. The summed E-state index contributed by atoms with van der Waals surface area (Å²) >= 11 is 3.42. The second kappa shape index (κ2) is 9.88. The van der Waals surface area contributed by atoms with Crippen LogP contribution in [0.15, 0.2) is 39.8 Å². The monoisotopic (exact) mass is 513 g/mol. The van der Waals surface area contributed by atoms with E-state index in [1.54, 1.807) is 0 Å². The zero-order chi connectivity index (χ0) is 22.6. The molecular weight excluding hydrogens is 490 g/mol. The number of nitrogens with one attached hydrogen (secondary N) is 1. The van der Waals surface area contributed by atoms with E-state index in [2.05, 4.69) is 26.3 Å². The summed E-state index contributed by atoms with van der Waals surface area (Å²) in [5.41, 5.74) is 0.754.